The Morgan fingerprint density at radius 1 is 1.00 bits per heavy atom. The molecule has 4 aromatic rings. The molecule has 2 aromatic carbocycles. The van der Waals surface area contributed by atoms with Crippen molar-refractivity contribution in [2.24, 2.45) is 7.05 Å². The number of hydrogen-bond donors (Lipinski definition) is 1. The Bertz CT molecular complexity index is 1370. The molecule has 2 N–H and O–H groups in total. The van der Waals surface area contributed by atoms with Crippen LogP contribution in [0.25, 0.3) is 11.0 Å². The molecular weight excluding hydrogens is 492 g/mol. The van der Waals surface area contributed by atoms with Gasteiger partial charge in [0, 0.05) is 13.1 Å². The van der Waals surface area contributed by atoms with Crippen molar-refractivity contribution >= 4 is 30.2 Å². The fraction of sp³-hybridized carbons (Fsp3) is 0.250. The Hall–Kier alpha value is -3.74. The van der Waals surface area contributed by atoms with Gasteiger partial charge in [0.1, 0.15) is 28.9 Å². The first-order valence-corrected chi connectivity index (χ1v) is 11.7. The molecule has 0 amide bonds. The molecule has 0 atom stereocenters. The summed E-state index contributed by atoms with van der Waals surface area (Å²) in [7, 11) is 1.64. The summed E-state index contributed by atoms with van der Waals surface area (Å²) in [4.78, 5) is 17.8. The van der Waals surface area contributed by atoms with Crippen LogP contribution in [0.3, 0.4) is 0 Å². The highest BCUT2D eigenvalue weighted by atomic mass is 32.1. The Morgan fingerprint density at radius 2 is 1.54 bits per heavy atom. The van der Waals surface area contributed by atoms with E-state index < -0.39 is 0 Å². The number of aromatic nitrogens is 2. The van der Waals surface area contributed by atoms with E-state index in [0.29, 0.717) is 16.7 Å². The van der Waals surface area contributed by atoms with Crippen LogP contribution in [-0.2, 0) is 7.05 Å². The molecule has 0 bridgehead atoms. The monoisotopic (exact) mass is 523 g/mol. The van der Waals surface area contributed by atoms with Crippen molar-refractivity contribution in [2.45, 2.75) is 26.3 Å². The van der Waals surface area contributed by atoms with Crippen LogP contribution in [0.15, 0.2) is 71.5 Å². The number of fused-ring (bicyclic) bond motifs is 1. The van der Waals surface area contributed by atoms with E-state index in [0.717, 1.165) is 30.6 Å². The van der Waals surface area contributed by atoms with Crippen molar-refractivity contribution < 1.29 is 8.78 Å². The van der Waals surface area contributed by atoms with Gasteiger partial charge in [-0.15, -0.1) is 0 Å². The van der Waals surface area contributed by atoms with Crippen LogP contribution in [-0.4, -0.2) is 27.5 Å². The summed E-state index contributed by atoms with van der Waals surface area (Å²) in [6, 6.07) is 19.6. The normalized spacial score (nSPS) is 10.5. The molecule has 194 valence electrons. The van der Waals surface area contributed by atoms with Crippen LogP contribution in [0.4, 0.5) is 14.5 Å². The third-order valence-electron chi connectivity index (χ3n) is 5.89. The number of aryl methyl sites for hydroxylation is 1. The van der Waals surface area contributed by atoms with Gasteiger partial charge >= 0.3 is 0 Å². The molecule has 9 heteroatoms. The number of nitrogens with two attached hydrogens (primary N) is 1. The Kier molecular flexibility index (Phi) is 10.8. The molecule has 0 aliphatic carbocycles. The number of nitrogens with zero attached hydrogens (tertiary/aromatic N) is 4. The van der Waals surface area contributed by atoms with Crippen molar-refractivity contribution in [3.8, 4) is 6.07 Å². The molecule has 0 aliphatic heterocycles. The van der Waals surface area contributed by atoms with Gasteiger partial charge in [-0.3, -0.25) is 9.69 Å². The number of nitriles is 1. The fourth-order valence-electron chi connectivity index (χ4n) is 4.08. The average Bonchev–Trinajstić information content (AvgIpc) is 2.89. The van der Waals surface area contributed by atoms with Crippen molar-refractivity contribution in [1.82, 2.24) is 14.5 Å². The van der Waals surface area contributed by atoms with Gasteiger partial charge in [0.25, 0.3) is 5.56 Å². The smallest absolute Gasteiger partial charge is 0.252 e. The highest BCUT2D eigenvalue weighted by Crippen LogP contribution is 2.29. The van der Waals surface area contributed by atoms with Gasteiger partial charge in [0.05, 0.1) is 17.2 Å². The molecule has 6 nitrogen and oxygen atoms in total. The van der Waals surface area contributed by atoms with E-state index in [1.54, 1.807) is 19.2 Å². The Morgan fingerprint density at radius 3 is 2.00 bits per heavy atom. The largest absolute Gasteiger partial charge is 0.397 e. The Balaban J connectivity index is 0.000000266. The molecule has 0 saturated carbocycles. The first-order chi connectivity index (χ1) is 17.3. The highest BCUT2D eigenvalue weighted by molar-refractivity contribution is 7.59. The van der Waals surface area contributed by atoms with Crippen molar-refractivity contribution in [3.05, 3.63) is 106 Å². The van der Waals surface area contributed by atoms with Crippen molar-refractivity contribution in [2.75, 3.05) is 18.8 Å². The molecule has 37 heavy (non-hydrogen) atoms. The van der Waals surface area contributed by atoms with Gasteiger partial charge in [-0.2, -0.15) is 18.8 Å². The number of hydrogen-bond acceptors (Lipinski definition) is 5. The second-order valence-corrected chi connectivity index (χ2v) is 8.31. The van der Waals surface area contributed by atoms with E-state index in [4.69, 9.17) is 11.0 Å². The van der Waals surface area contributed by atoms with Crippen LogP contribution >= 0.6 is 13.5 Å². The maximum atomic E-state index is 13.2. The topological polar surface area (TPSA) is 87.9 Å². The van der Waals surface area contributed by atoms with E-state index in [1.165, 1.54) is 34.9 Å². The number of halogens is 2. The molecule has 4 rings (SSSR count). The zero-order chi connectivity index (χ0) is 26.2. The lowest BCUT2D eigenvalue weighted by Crippen LogP contribution is -2.30. The lowest BCUT2D eigenvalue weighted by molar-refractivity contribution is 0.238. The molecule has 2 aromatic heterocycles. The minimum Gasteiger partial charge on any atom is -0.397 e. The predicted molar refractivity (Wildman–Crippen MR) is 149 cm³/mol. The van der Waals surface area contributed by atoms with Crippen molar-refractivity contribution in [1.29, 1.82) is 5.26 Å². The van der Waals surface area contributed by atoms with Gasteiger partial charge in [-0.05, 0) is 67.0 Å². The van der Waals surface area contributed by atoms with Gasteiger partial charge in [0.2, 0.25) is 0 Å². The molecule has 0 saturated heterocycles. The standard InChI is InChI=1S/C18H21F2N.C10H8N4O.H2S/c1-3-13-21(4-2)18(14-5-9-16(19)10-6-14)15-7-11-17(20)12-8-15;1-14-8-3-2-6(5-11)13-10(8)7(12)4-9(14)15;/h5-12,18H,3-4,13H2,1-2H3;2-4H,12H2,1H3;1H2. The minimum atomic E-state index is -0.241. The van der Waals surface area contributed by atoms with E-state index in [1.807, 2.05) is 30.3 Å². The third kappa shape index (κ3) is 7.15. The van der Waals surface area contributed by atoms with E-state index >= 15 is 0 Å². The number of nitrogen functional groups attached to an aromatic ring is 1. The lowest BCUT2D eigenvalue weighted by Gasteiger charge is -2.31. The quantitative estimate of drug-likeness (QED) is 0.371. The summed E-state index contributed by atoms with van der Waals surface area (Å²) in [6.07, 6.45) is 1.03. The molecule has 0 aliphatic rings. The molecular formula is C28H31F2N5OS. The summed E-state index contributed by atoms with van der Waals surface area (Å²) >= 11 is 0. The maximum Gasteiger partial charge on any atom is 0.252 e. The zero-order valence-electron chi connectivity index (χ0n) is 21.1. The number of rotatable bonds is 6. The van der Waals surface area contributed by atoms with E-state index in [-0.39, 0.29) is 42.4 Å². The minimum absolute atomic E-state index is 0. The molecule has 2 heterocycles. The predicted octanol–water partition coefficient (Wildman–Crippen LogP) is 5.29. The molecule has 0 radical (unpaired) electrons. The average molecular weight is 524 g/mol. The third-order valence-corrected chi connectivity index (χ3v) is 5.89. The first-order valence-electron chi connectivity index (χ1n) is 11.7. The summed E-state index contributed by atoms with van der Waals surface area (Å²) < 4.78 is 27.8. The molecule has 0 fully saturated rings. The SMILES string of the molecule is CCCN(CC)C(c1ccc(F)cc1)c1ccc(F)cc1.Cn1c(=O)cc(N)c2nc(C#N)ccc21.S. The molecule has 0 spiro atoms. The second kappa shape index (κ2) is 13.5. The lowest BCUT2D eigenvalue weighted by atomic mass is 9.96. The van der Waals surface area contributed by atoms with Crippen LogP contribution in [0.5, 0.6) is 0 Å². The van der Waals surface area contributed by atoms with E-state index in [9.17, 15) is 13.6 Å². The van der Waals surface area contributed by atoms with Gasteiger partial charge < -0.3 is 10.3 Å². The van der Waals surface area contributed by atoms with Gasteiger partial charge in [-0.25, -0.2) is 13.8 Å². The van der Waals surface area contributed by atoms with Gasteiger partial charge in [-0.1, -0.05) is 38.1 Å². The van der Waals surface area contributed by atoms with Crippen LogP contribution in [0.1, 0.15) is 43.1 Å². The van der Waals surface area contributed by atoms with Gasteiger partial charge in [0.15, 0.2) is 0 Å². The zero-order valence-corrected chi connectivity index (χ0v) is 22.1. The number of anilines is 1. The van der Waals surface area contributed by atoms with E-state index in [2.05, 4.69) is 23.7 Å². The maximum absolute atomic E-state index is 13.2. The second-order valence-electron chi connectivity index (χ2n) is 8.31. The summed E-state index contributed by atoms with van der Waals surface area (Å²) in [5.41, 5.74) is 9.22. The highest BCUT2D eigenvalue weighted by Gasteiger charge is 2.20. The first kappa shape index (κ1) is 29.5. The Labute approximate surface area is 222 Å². The van der Waals surface area contributed by atoms with Crippen molar-refractivity contribution in [3.63, 3.8) is 0 Å². The van der Waals surface area contributed by atoms with Crippen LogP contribution < -0.4 is 11.3 Å². The summed E-state index contributed by atoms with van der Waals surface area (Å²) in [5.74, 6) is -0.481. The number of pyridine rings is 2. The van der Waals surface area contributed by atoms with Crippen LogP contribution in [0.2, 0.25) is 0 Å². The summed E-state index contributed by atoms with van der Waals surface area (Å²) in [5, 5.41) is 8.69. The molecule has 0 unspecified atom stereocenters. The fourth-order valence-corrected chi connectivity index (χ4v) is 4.08. The summed E-state index contributed by atoms with van der Waals surface area (Å²) in [6.45, 7) is 6.06. The number of benzene rings is 2. The van der Waals surface area contributed by atoms with Crippen LogP contribution in [0, 0.1) is 23.0 Å².